The summed E-state index contributed by atoms with van der Waals surface area (Å²) in [5.74, 6) is -0.981. The van der Waals surface area contributed by atoms with Crippen LogP contribution < -0.4 is 0 Å². The number of carbonyl (C=O) groups is 1. The lowest BCUT2D eigenvalue weighted by atomic mass is 10.7. The molecule has 0 aromatic rings. The largest absolute Gasteiger partial charge is 0.478 e. The van der Waals surface area contributed by atoms with E-state index in [1.54, 1.807) is 0 Å². The van der Waals surface area contributed by atoms with Gasteiger partial charge in [-0.15, -0.1) is 0 Å². The van der Waals surface area contributed by atoms with Crippen molar-refractivity contribution in [2.24, 2.45) is 0 Å². The zero-order valence-electron chi connectivity index (χ0n) is 6.14. The minimum Gasteiger partial charge on any atom is -0.478 e. The molecule has 0 spiro atoms. The molecule has 3 heteroatoms. The number of carboxylic acid groups (broad SMARTS) is 1. The summed E-state index contributed by atoms with van der Waals surface area (Å²) in [5, 5.41) is 7.60. The van der Waals surface area contributed by atoms with Gasteiger partial charge in [-0.05, 0) is 0 Å². The highest BCUT2D eigenvalue weighted by Crippen LogP contribution is 1.68. The summed E-state index contributed by atoms with van der Waals surface area (Å²) in [5.41, 5.74) is 0. The van der Waals surface area contributed by atoms with Crippen molar-refractivity contribution in [2.45, 2.75) is 19.6 Å². The van der Waals surface area contributed by atoms with Crippen molar-refractivity contribution in [1.29, 1.82) is 0 Å². The van der Waals surface area contributed by atoms with Gasteiger partial charge in [0.1, 0.15) is 0 Å². The smallest absolute Gasteiger partial charge is 0.327 e. The summed E-state index contributed by atoms with van der Waals surface area (Å²) in [6, 6.07) is 0. The zero-order chi connectivity index (χ0) is 7.86. The monoisotopic (exact) mass is 145 g/mol. The van der Waals surface area contributed by atoms with Gasteiger partial charge in [-0.2, -0.15) is 0 Å². The fraction of sp³-hybridized carbons (Fsp3) is 0.500. The molecule has 0 atom stereocenters. The molecule has 2 nitrogen and oxygen atoms in total. The third kappa shape index (κ3) is 107. The first-order chi connectivity index (χ1) is 4.00. The average Bonchev–Trinajstić information content (AvgIpc) is 1.65. The molecule has 0 fully saturated rings. The molecule has 0 aromatic heterocycles. The molecule has 0 saturated carbocycles. The summed E-state index contributed by atoms with van der Waals surface area (Å²) in [6.07, 6.45) is 0.833. The van der Waals surface area contributed by atoms with Crippen LogP contribution in [0, 0.1) is 0 Å². The van der Waals surface area contributed by atoms with Crippen LogP contribution in [0.3, 0.4) is 0 Å². The van der Waals surface area contributed by atoms with E-state index in [2.05, 4.69) is 26.2 Å². The highest BCUT2D eigenvalue weighted by atomic mass is 28.3. The molecule has 0 bridgehead atoms. The maximum atomic E-state index is 9.25. The molecule has 0 aliphatic rings. The molecular formula is C6H13O2Si. The topological polar surface area (TPSA) is 37.3 Å². The van der Waals surface area contributed by atoms with E-state index in [1.807, 2.05) is 0 Å². The Hall–Kier alpha value is -0.573. The Morgan fingerprint density at radius 2 is 1.67 bits per heavy atom. The number of carboxylic acids is 1. The Bertz CT molecular complexity index is 86.3. The van der Waals surface area contributed by atoms with Crippen molar-refractivity contribution in [1.82, 2.24) is 0 Å². The summed E-state index contributed by atoms with van der Waals surface area (Å²) in [6.45, 7) is 9.77. The van der Waals surface area contributed by atoms with Crippen molar-refractivity contribution in [3.05, 3.63) is 12.7 Å². The molecule has 0 rings (SSSR count). The lowest BCUT2D eigenvalue weighted by Crippen LogP contribution is -1.84. The number of hydrogen-bond donors (Lipinski definition) is 1. The maximum absolute atomic E-state index is 9.25. The van der Waals surface area contributed by atoms with Crippen LogP contribution in [0.15, 0.2) is 12.7 Å². The number of rotatable bonds is 1. The van der Waals surface area contributed by atoms with E-state index in [0.29, 0.717) is 0 Å². The molecule has 0 aliphatic carbocycles. The zero-order valence-corrected chi connectivity index (χ0v) is 7.14. The van der Waals surface area contributed by atoms with Gasteiger partial charge in [0, 0.05) is 14.9 Å². The predicted octanol–water partition coefficient (Wildman–Crippen LogP) is 1.63. The molecule has 53 valence electrons. The SMILES string of the molecule is C=CC(=O)O.C[Si](C)C. The van der Waals surface area contributed by atoms with Gasteiger partial charge in [-0.1, -0.05) is 26.2 Å². The van der Waals surface area contributed by atoms with Crippen molar-refractivity contribution in [3.63, 3.8) is 0 Å². The molecule has 0 saturated heterocycles. The van der Waals surface area contributed by atoms with E-state index in [-0.39, 0.29) is 8.80 Å². The van der Waals surface area contributed by atoms with E-state index in [1.165, 1.54) is 0 Å². The minimum absolute atomic E-state index is 0.120. The fourth-order valence-corrected chi connectivity index (χ4v) is 0. The average molecular weight is 145 g/mol. The molecular weight excluding hydrogens is 132 g/mol. The predicted molar refractivity (Wildman–Crippen MR) is 41.2 cm³/mol. The van der Waals surface area contributed by atoms with E-state index in [9.17, 15) is 4.79 Å². The normalized spacial score (nSPS) is 7.56. The van der Waals surface area contributed by atoms with Crippen LogP contribution in [0.5, 0.6) is 0 Å². The quantitative estimate of drug-likeness (QED) is 0.450. The Labute approximate surface area is 57.8 Å². The van der Waals surface area contributed by atoms with Crippen LogP contribution in [-0.4, -0.2) is 19.9 Å². The number of aliphatic carboxylic acids is 1. The van der Waals surface area contributed by atoms with E-state index in [4.69, 9.17) is 5.11 Å². The van der Waals surface area contributed by atoms with Gasteiger partial charge in [0.2, 0.25) is 0 Å². The summed E-state index contributed by atoms with van der Waals surface area (Å²) in [4.78, 5) is 9.25. The minimum atomic E-state index is -0.981. The molecule has 0 heterocycles. The highest BCUT2D eigenvalue weighted by molar-refractivity contribution is 6.54. The van der Waals surface area contributed by atoms with Crippen LogP contribution in [0.1, 0.15) is 0 Å². The van der Waals surface area contributed by atoms with E-state index >= 15 is 0 Å². The van der Waals surface area contributed by atoms with Gasteiger partial charge in [0.15, 0.2) is 0 Å². The molecule has 0 aliphatic heterocycles. The van der Waals surface area contributed by atoms with Crippen LogP contribution in [0.4, 0.5) is 0 Å². The second-order valence-corrected chi connectivity index (χ2v) is 5.04. The Kier molecular flexibility index (Phi) is 9.29. The van der Waals surface area contributed by atoms with Gasteiger partial charge in [0.25, 0.3) is 0 Å². The van der Waals surface area contributed by atoms with Crippen molar-refractivity contribution in [3.8, 4) is 0 Å². The molecule has 1 radical (unpaired) electrons. The van der Waals surface area contributed by atoms with Gasteiger partial charge in [0.05, 0.1) is 0 Å². The maximum Gasteiger partial charge on any atom is 0.327 e. The van der Waals surface area contributed by atoms with Crippen LogP contribution in [0.25, 0.3) is 0 Å². The molecule has 9 heavy (non-hydrogen) atoms. The third-order valence-corrected chi connectivity index (χ3v) is 0.175. The molecule has 0 unspecified atom stereocenters. The Morgan fingerprint density at radius 1 is 1.56 bits per heavy atom. The van der Waals surface area contributed by atoms with Crippen LogP contribution in [-0.2, 0) is 4.79 Å². The van der Waals surface area contributed by atoms with Gasteiger partial charge in [-0.25, -0.2) is 4.79 Å². The Balaban J connectivity index is 0. The summed E-state index contributed by atoms with van der Waals surface area (Å²) < 4.78 is 0. The van der Waals surface area contributed by atoms with Crippen LogP contribution in [0.2, 0.25) is 19.6 Å². The van der Waals surface area contributed by atoms with Gasteiger partial charge < -0.3 is 5.11 Å². The first-order valence-corrected chi connectivity index (χ1v) is 5.62. The molecule has 0 aromatic carbocycles. The van der Waals surface area contributed by atoms with Crippen LogP contribution >= 0.6 is 0 Å². The van der Waals surface area contributed by atoms with Crippen molar-refractivity contribution >= 4 is 14.8 Å². The lowest BCUT2D eigenvalue weighted by molar-refractivity contribution is -0.131. The van der Waals surface area contributed by atoms with Gasteiger partial charge in [-0.3, -0.25) is 0 Å². The fourth-order valence-electron chi connectivity index (χ4n) is 0. The van der Waals surface area contributed by atoms with E-state index in [0.717, 1.165) is 6.08 Å². The lowest BCUT2D eigenvalue weighted by Gasteiger charge is -1.75. The first kappa shape index (κ1) is 11.3. The Morgan fingerprint density at radius 3 is 1.67 bits per heavy atom. The first-order valence-electron chi connectivity index (χ1n) is 2.62. The summed E-state index contributed by atoms with van der Waals surface area (Å²) >= 11 is 0. The standard InChI is InChI=1S/C3H4O2.C3H9Si/c1-2-3(4)5;1-4(2)3/h2H,1H2,(H,4,5);1-3H3. The van der Waals surface area contributed by atoms with E-state index < -0.39 is 5.97 Å². The second kappa shape index (κ2) is 7.43. The molecule has 0 amide bonds. The summed E-state index contributed by atoms with van der Waals surface area (Å²) in [7, 11) is 0.120. The third-order valence-electron chi connectivity index (χ3n) is 0.175. The van der Waals surface area contributed by atoms with Crippen molar-refractivity contribution < 1.29 is 9.90 Å². The number of hydrogen-bond acceptors (Lipinski definition) is 1. The highest BCUT2D eigenvalue weighted by Gasteiger charge is 1.73. The molecule has 1 N–H and O–H groups in total. The second-order valence-electron chi connectivity index (χ2n) is 2.04. The van der Waals surface area contributed by atoms with Crippen molar-refractivity contribution in [2.75, 3.05) is 0 Å². The van der Waals surface area contributed by atoms with Gasteiger partial charge >= 0.3 is 5.97 Å².